The molecular formula is C17H20N2O4. The number of phenols is 1. The van der Waals surface area contributed by atoms with Crippen LogP contribution >= 0.6 is 0 Å². The summed E-state index contributed by atoms with van der Waals surface area (Å²) in [5.74, 6) is -0.548. The van der Waals surface area contributed by atoms with Crippen molar-refractivity contribution in [2.75, 3.05) is 0 Å². The van der Waals surface area contributed by atoms with Crippen molar-refractivity contribution in [2.24, 2.45) is 15.9 Å². The zero-order valence-electron chi connectivity index (χ0n) is 13.4. The Morgan fingerprint density at radius 3 is 2.43 bits per heavy atom. The molecule has 23 heavy (non-hydrogen) atoms. The number of ether oxygens (including phenoxy) is 1. The van der Waals surface area contributed by atoms with Gasteiger partial charge in [-0.1, -0.05) is 13.8 Å². The molecule has 2 aliphatic rings. The van der Waals surface area contributed by atoms with Crippen LogP contribution in [0.4, 0.5) is 0 Å². The van der Waals surface area contributed by atoms with Crippen LogP contribution in [0.25, 0.3) is 0 Å². The summed E-state index contributed by atoms with van der Waals surface area (Å²) in [5.41, 5.74) is 0.842. The van der Waals surface area contributed by atoms with Crippen molar-refractivity contribution in [1.82, 2.24) is 5.43 Å². The highest BCUT2D eigenvalue weighted by Crippen LogP contribution is 2.65. The van der Waals surface area contributed by atoms with Crippen molar-refractivity contribution in [3.05, 3.63) is 29.8 Å². The van der Waals surface area contributed by atoms with Crippen LogP contribution in [-0.4, -0.2) is 28.8 Å². The lowest BCUT2D eigenvalue weighted by Crippen LogP contribution is -2.52. The number of carbonyl (C=O) groups is 2. The van der Waals surface area contributed by atoms with Crippen LogP contribution in [0.3, 0.4) is 0 Å². The Morgan fingerprint density at radius 2 is 1.91 bits per heavy atom. The van der Waals surface area contributed by atoms with Crippen molar-refractivity contribution >= 4 is 18.1 Å². The Labute approximate surface area is 134 Å². The minimum atomic E-state index is -1.16. The van der Waals surface area contributed by atoms with E-state index in [-0.39, 0.29) is 11.7 Å². The van der Waals surface area contributed by atoms with Gasteiger partial charge in [0.2, 0.25) is 0 Å². The van der Waals surface area contributed by atoms with Gasteiger partial charge in [-0.3, -0.25) is 9.59 Å². The highest BCUT2D eigenvalue weighted by molar-refractivity contribution is 5.96. The standard InChI is InChI=1S/C17H20N2O4/c1-15(2)16(3)8-9-17(15,23-14(16)22)13(21)19-18-10-11-4-6-12(20)7-5-11/h4-7,10,20H,8-9H2,1-3H3,(H,19,21)/b18-10-/t16-,17+/m0/s1. The molecule has 122 valence electrons. The average Bonchev–Trinajstić information content (AvgIpc) is 2.79. The van der Waals surface area contributed by atoms with Gasteiger partial charge in [-0.25, -0.2) is 5.43 Å². The molecule has 1 aromatic carbocycles. The van der Waals surface area contributed by atoms with Gasteiger partial charge >= 0.3 is 5.97 Å². The second-order valence-corrected chi connectivity index (χ2v) is 6.96. The molecule has 1 saturated heterocycles. The van der Waals surface area contributed by atoms with Crippen LogP contribution in [0, 0.1) is 10.8 Å². The molecule has 1 amide bonds. The van der Waals surface area contributed by atoms with E-state index in [1.807, 2.05) is 20.8 Å². The van der Waals surface area contributed by atoms with E-state index < -0.39 is 22.3 Å². The van der Waals surface area contributed by atoms with Gasteiger partial charge in [0, 0.05) is 5.41 Å². The Morgan fingerprint density at radius 1 is 1.26 bits per heavy atom. The van der Waals surface area contributed by atoms with E-state index in [0.29, 0.717) is 12.8 Å². The second-order valence-electron chi connectivity index (χ2n) is 6.96. The van der Waals surface area contributed by atoms with Crippen LogP contribution in [0.2, 0.25) is 0 Å². The zero-order chi connectivity index (χ0) is 16.9. The van der Waals surface area contributed by atoms with Crippen LogP contribution in [0.5, 0.6) is 5.75 Å². The minimum absolute atomic E-state index is 0.162. The van der Waals surface area contributed by atoms with Gasteiger partial charge < -0.3 is 9.84 Å². The monoisotopic (exact) mass is 316 g/mol. The molecule has 1 aromatic rings. The number of amides is 1. The number of hydrogen-bond acceptors (Lipinski definition) is 5. The number of fused-ring (bicyclic) bond motifs is 2. The number of benzene rings is 1. The summed E-state index contributed by atoms with van der Waals surface area (Å²) < 4.78 is 5.49. The number of nitrogens with one attached hydrogen (secondary N) is 1. The van der Waals surface area contributed by atoms with E-state index in [1.54, 1.807) is 12.1 Å². The number of hydrazone groups is 1. The number of rotatable bonds is 3. The molecule has 2 N–H and O–H groups in total. The first-order valence-corrected chi connectivity index (χ1v) is 7.59. The fourth-order valence-electron chi connectivity index (χ4n) is 3.56. The van der Waals surface area contributed by atoms with E-state index in [4.69, 9.17) is 4.74 Å². The molecule has 3 rings (SSSR count). The van der Waals surface area contributed by atoms with Crippen molar-refractivity contribution in [3.8, 4) is 5.75 Å². The van der Waals surface area contributed by atoms with Gasteiger partial charge in [-0.2, -0.15) is 5.10 Å². The molecule has 2 bridgehead atoms. The van der Waals surface area contributed by atoms with Crippen molar-refractivity contribution in [2.45, 2.75) is 39.2 Å². The predicted molar refractivity (Wildman–Crippen MR) is 83.8 cm³/mol. The molecule has 0 radical (unpaired) electrons. The van der Waals surface area contributed by atoms with Crippen LogP contribution in [0.15, 0.2) is 29.4 Å². The maximum Gasteiger partial charge on any atom is 0.313 e. The fraction of sp³-hybridized carbons (Fsp3) is 0.471. The summed E-state index contributed by atoms with van der Waals surface area (Å²) in [4.78, 5) is 24.8. The SMILES string of the molecule is CC1(C)[C@@]2(C)CC[C@]1(C(=O)N/N=C\c1ccc(O)cc1)OC2=O. The van der Waals surface area contributed by atoms with Gasteiger partial charge in [-0.15, -0.1) is 0 Å². The third kappa shape index (κ3) is 1.97. The normalized spacial score (nSPS) is 31.3. The lowest BCUT2D eigenvalue weighted by molar-refractivity contribution is -0.168. The first-order valence-electron chi connectivity index (χ1n) is 7.59. The number of phenolic OH excluding ortho intramolecular Hbond substituents is 1. The Hall–Kier alpha value is -2.37. The lowest BCUT2D eigenvalue weighted by Gasteiger charge is -2.34. The predicted octanol–water partition coefficient (Wildman–Crippen LogP) is 1.96. The molecule has 6 nitrogen and oxygen atoms in total. The highest BCUT2D eigenvalue weighted by atomic mass is 16.6. The van der Waals surface area contributed by atoms with Gasteiger partial charge in [0.25, 0.3) is 5.91 Å². The van der Waals surface area contributed by atoms with E-state index in [9.17, 15) is 14.7 Å². The molecule has 6 heteroatoms. The first kappa shape index (κ1) is 15.5. The molecule has 1 heterocycles. The second kappa shape index (κ2) is 4.81. The Kier molecular flexibility index (Phi) is 3.25. The smallest absolute Gasteiger partial charge is 0.313 e. The van der Waals surface area contributed by atoms with Gasteiger partial charge in [0.15, 0.2) is 5.60 Å². The fourth-order valence-corrected chi connectivity index (χ4v) is 3.56. The summed E-state index contributed by atoms with van der Waals surface area (Å²) in [6.45, 7) is 5.65. The van der Waals surface area contributed by atoms with Crippen LogP contribution < -0.4 is 5.43 Å². The molecular weight excluding hydrogens is 296 g/mol. The van der Waals surface area contributed by atoms with Gasteiger partial charge in [-0.05, 0) is 49.6 Å². The molecule has 0 aromatic heterocycles. The topological polar surface area (TPSA) is 88.0 Å². The van der Waals surface area contributed by atoms with Crippen molar-refractivity contribution < 1.29 is 19.4 Å². The molecule has 1 aliphatic heterocycles. The Balaban J connectivity index is 1.76. The summed E-state index contributed by atoms with van der Waals surface area (Å²) in [6.07, 6.45) is 2.61. The quantitative estimate of drug-likeness (QED) is 0.507. The van der Waals surface area contributed by atoms with Crippen LogP contribution in [-0.2, 0) is 14.3 Å². The maximum atomic E-state index is 12.6. The Bertz CT molecular complexity index is 695. The number of nitrogens with zero attached hydrogens (tertiary/aromatic N) is 1. The van der Waals surface area contributed by atoms with Crippen LogP contribution in [0.1, 0.15) is 39.2 Å². The third-order valence-corrected chi connectivity index (χ3v) is 5.72. The van der Waals surface area contributed by atoms with Crippen molar-refractivity contribution in [1.29, 1.82) is 0 Å². The highest BCUT2D eigenvalue weighted by Gasteiger charge is 2.75. The first-order chi connectivity index (χ1) is 10.7. The van der Waals surface area contributed by atoms with E-state index in [1.165, 1.54) is 18.3 Å². The summed E-state index contributed by atoms with van der Waals surface area (Å²) in [5, 5.41) is 13.2. The molecule has 0 spiro atoms. The number of aromatic hydroxyl groups is 1. The largest absolute Gasteiger partial charge is 0.508 e. The van der Waals surface area contributed by atoms with E-state index >= 15 is 0 Å². The molecule has 1 aliphatic carbocycles. The zero-order valence-corrected chi connectivity index (χ0v) is 13.4. The summed E-state index contributed by atoms with van der Waals surface area (Å²) >= 11 is 0. The van der Waals surface area contributed by atoms with Gasteiger partial charge in [0.1, 0.15) is 5.75 Å². The molecule has 1 saturated carbocycles. The number of hydrogen-bond donors (Lipinski definition) is 2. The summed E-state index contributed by atoms with van der Waals surface area (Å²) in [6, 6.07) is 6.42. The maximum absolute atomic E-state index is 12.6. The molecule has 0 unspecified atom stereocenters. The summed E-state index contributed by atoms with van der Waals surface area (Å²) in [7, 11) is 0. The average molecular weight is 316 g/mol. The van der Waals surface area contributed by atoms with Crippen molar-refractivity contribution in [3.63, 3.8) is 0 Å². The van der Waals surface area contributed by atoms with E-state index in [2.05, 4.69) is 10.5 Å². The number of esters is 1. The molecule has 2 atom stereocenters. The molecule has 2 fully saturated rings. The minimum Gasteiger partial charge on any atom is -0.508 e. The lowest BCUT2D eigenvalue weighted by atomic mass is 9.66. The van der Waals surface area contributed by atoms with Gasteiger partial charge in [0.05, 0.1) is 11.6 Å². The van der Waals surface area contributed by atoms with E-state index in [0.717, 1.165) is 5.56 Å². The third-order valence-electron chi connectivity index (χ3n) is 5.72. The number of carbonyl (C=O) groups excluding carboxylic acids is 2.